The molecule has 0 spiro atoms. The third-order valence-corrected chi connectivity index (χ3v) is 2.52. The van der Waals surface area contributed by atoms with Crippen LogP contribution in [0.5, 0.6) is 11.5 Å². The van der Waals surface area contributed by atoms with E-state index in [0.29, 0.717) is 5.56 Å². The Hall–Kier alpha value is -1.95. The average molecular weight is 259 g/mol. The highest BCUT2D eigenvalue weighted by atomic mass is 35.5. The number of halogens is 2. The molecule has 2 aromatic rings. The van der Waals surface area contributed by atoms with Gasteiger partial charge < -0.3 is 20.1 Å². The van der Waals surface area contributed by atoms with E-state index >= 15 is 0 Å². The van der Waals surface area contributed by atoms with Gasteiger partial charge in [0.25, 0.3) is 0 Å². The average Bonchev–Trinajstić information content (AvgIpc) is 2.71. The largest absolute Gasteiger partial charge is 0.504 e. The van der Waals surface area contributed by atoms with Crippen molar-refractivity contribution in [2.75, 3.05) is 12.8 Å². The number of nitrogen functional groups attached to an aromatic ring is 1. The van der Waals surface area contributed by atoms with Crippen molar-refractivity contribution in [3.05, 3.63) is 23.1 Å². The van der Waals surface area contributed by atoms with Gasteiger partial charge in [0.2, 0.25) is 5.88 Å². The maximum absolute atomic E-state index is 13.5. The molecule has 17 heavy (non-hydrogen) atoms. The van der Waals surface area contributed by atoms with Crippen LogP contribution in [0.1, 0.15) is 0 Å². The summed E-state index contributed by atoms with van der Waals surface area (Å²) in [7, 11) is 1.22. The summed E-state index contributed by atoms with van der Waals surface area (Å²) in [5, 5.41) is 13.1. The Labute approximate surface area is 101 Å². The number of rotatable bonds is 2. The number of nitrogens with zero attached hydrogens (tertiary/aromatic N) is 1. The summed E-state index contributed by atoms with van der Waals surface area (Å²) in [5.74, 6) is -1.62. The maximum atomic E-state index is 13.5. The molecule has 0 bridgehead atoms. The molecule has 3 N–H and O–H groups in total. The fourth-order valence-electron chi connectivity index (χ4n) is 1.44. The molecule has 90 valence electrons. The predicted octanol–water partition coefficient (Wildman–Crippen LogP) is 2.43. The summed E-state index contributed by atoms with van der Waals surface area (Å²) in [6, 6.07) is 1.22. The van der Waals surface area contributed by atoms with Crippen LogP contribution >= 0.6 is 11.6 Å². The summed E-state index contributed by atoms with van der Waals surface area (Å²) in [5.41, 5.74) is 6.00. The second-order valence-corrected chi connectivity index (χ2v) is 3.61. The third-order valence-electron chi connectivity index (χ3n) is 2.24. The van der Waals surface area contributed by atoms with Gasteiger partial charge in [0, 0.05) is 5.56 Å². The van der Waals surface area contributed by atoms with Gasteiger partial charge in [-0.1, -0.05) is 16.8 Å². The monoisotopic (exact) mass is 258 g/mol. The zero-order valence-electron chi connectivity index (χ0n) is 8.70. The van der Waals surface area contributed by atoms with E-state index in [-0.39, 0.29) is 22.2 Å². The number of hydrogen-bond acceptors (Lipinski definition) is 5. The second kappa shape index (κ2) is 4.14. The standard InChI is InChI=1S/C10H8ClFN2O3/c1-16-9-7(12)6(11)2-4(8(9)15)5-3-14-17-10(5)13/h2-3,15H,13H2,1H3. The first-order valence-corrected chi connectivity index (χ1v) is 4.89. The highest BCUT2D eigenvalue weighted by Gasteiger charge is 2.21. The summed E-state index contributed by atoms with van der Waals surface area (Å²) in [4.78, 5) is 0. The summed E-state index contributed by atoms with van der Waals surface area (Å²) >= 11 is 5.68. The van der Waals surface area contributed by atoms with E-state index in [4.69, 9.17) is 22.1 Å². The Morgan fingerprint density at radius 1 is 1.53 bits per heavy atom. The van der Waals surface area contributed by atoms with Gasteiger partial charge in [-0.25, -0.2) is 4.39 Å². The number of phenolic OH excluding ortho intramolecular Hbond substituents is 1. The van der Waals surface area contributed by atoms with Crippen molar-refractivity contribution in [2.24, 2.45) is 0 Å². The highest BCUT2D eigenvalue weighted by Crippen LogP contribution is 2.43. The number of benzene rings is 1. The zero-order valence-corrected chi connectivity index (χ0v) is 9.45. The molecule has 1 heterocycles. The first-order valence-electron chi connectivity index (χ1n) is 4.51. The van der Waals surface area contributed by atoms with Crippen LogP contribution in [0.3, 0.4) is 0 Å². The van der Waals surface area contributed by atoms with E-state index in [1.54, 1.807) is 0 Å². The topological polar surface area (TPSA) is 81.5 Å². The van der Waals surface area contributed by atoms with Crippen LogP contribution < -0.4 is 10.5 Å². The molecular weight excluding hydrogens is 251 g/mol. The molecule has 5 nitrogen and oxygen atoms in total. The minimum absolute atomic E-state index is 0.00923. The Balaban J connectivity index is 2.72. The zero-order chi connectivity index (χ0) is 12.6. The lowest BCUT2D eigenvalue weighted by Gasteiger charge is -2.10. The van der Waals surface area contributed by atoms with Crippen LogP contribution in [-0.4, -0.2) is 17.4 Å². The summed E-state index contributed by atoms with van der Waals surface area (Å²) in [6.45, 7) is 0. The quantitative estimate of drug-likeness (QED) is 0.865. The molecule has 0 radical (unpaired) electrons. The van der Waals surface area contributed by atoms with Gasteiger partial charge in [-0.05, 0) is 6.07 Å². The van der Waals surface area contributed by atoms with Crippen molar-refractivity contribution in [3.8, 4) is 22.6 Å². The van der Waals surface area contributed by atoms with Gasteiger partial charge in [0.15, 0.2) is 17.3 Å². The molecule has 0 atom stereocenters. The summed E-state index contributed by atoms with van der Waals surface area (Å²) < 4.78 is 22.9. The van der Waals surface area contributed by atoms with E-state index in [0.717, 1.165) is 0 Å². The minimum Gasteiger partial charge on any atom is -0.504 e. The van der Waals surface area contributed by atoms with E-state index < -0.39 is 11.6 Å². The number of hydrogen-bond donors (Lipinski definition) is 2. The first-order chi connectivity index (χ1) is 8.06. The Morgan fingerprint density at radius 2 is 2.24 bits per heavy atom. The molecule has 0 saturated carbocycles. The lowest BCUT2D eigenvalue weighted by atomic mass is 10.1. The molecule has 0 aliphatic heterocycles. The van der Waals surface area contributed by atoms with Gasteiger partial charge in [-0.2, -0.15) is 0 Å². The molecule has 0 aliphatic carbocycles. The molecule has 0 amide bonds. The molecule has 0 fully saturated rings. The predicted molar refractivity (Wildman–Crippen MR) is 59.5 cm³/mol. The van der Waals surface area contributed by atoms with Crippen molar-refractivity contribution < 1.29 is 18.8 Å². The van der Waals surface area contributed by atoms with Gasteiger partial charge in [0.1, 0.15) is 0 Å². The Morgan fingerprint density at radius 3 is 2.76 bits per heavy atom. The number of methoxy groups -OCH3 is 1. The second-order valence-electron chi connectivity index (χ2n) is 3.21. The van der Waals surface area contributed by atoms with Crippen LogP contribution in [0.4, 0.5) is 10.3 Å². The number of aromatic nitrogens is 1. The Bertz CT molecular complexity index is 571. The maximum Gasteiger partial charge on any atom is 0.230 e. The number of aromatic hydroxyl groups is 1. The van der Waals surface area contributed by atoms with Crippen molar-refractivity contribution in [1.82, 2.24) is 5.16 Å². The lowest BCUT2D eigenvalue weighted by Crippen LogP contribution is -1.93. The van der Waals surface area contributed by atoms with Gasteiger partial charge >= 0.3 is 0 Å². The molecule has 7 heteroatoms. The molecule has 0 unspecified atom stereocenters. The number of ether oxygens (including phenoxy) is 1. The van der Waals surface area contributed by atoms with Crippen LogP contribution in [-0.2, 0) is 0 Å². The number of anilines is 1. The van der Waals surface area contributed by atoms with Gasteiger partial charge in [-0.15, -0.1) is 0 Å². The third kappa shape index (κ3) is 1.76. The minimum atomic E-state index is -0.842. The van der Waals surface area contributed by atoms with Crippen molar-refractivity contribution in [3.63, 3.8) is 0 Å². The van der Waals surface area contributed by atoms with Crippen molar-refractivity contribution in [1.29, 1.82) is 0 Å². The molecule has 0 aliphatic rings. The molecule has 0 saturated heterocycles. The molecule has 1 aromatic heterocycles. The molecule has 1 aromatic carbocycles. The highest BCUT2D eigenvalue weighted by molar-refractivity contribution is 6.31. The van der Waals surface area contributed by atoms with Crippen LogP contribution in [0, 0.1) is 5.82 Å². The fourth-order valence-corrected chi connectivity index (χ4v) is 1.63. The van der Waals surface area contributed by atoms with Gasteiger partial charge in [-0.3, -0.25) is 0 Å². The van der Waals surface area contributed by atoms with Crippen LogP contribution in [0.15, 0.2) is 16.8 Å². The number of phenols is 1. The summed E-state index contributed by atoms with van der Waals surface area (Å²) in [6.07, 6.45) is 1.29. The van der Waals surface area contributed by atoms with E-state index in [1.807, 2.05) is 0 Å². The fraction of sp³-hybridized carbons (Fsp3) is 0.100. The van der Waals surface area contributed by atoms with Gasteiger partial charge in [0.05, 0.1) is 23.9 Å². The molecular formula is C10H8ClFN2O3. The lowest BCUT2D eigenvalue weighted by molar-refractivity contribution is 0.352. The Kier molecular flexibility index (Phi) is 2.81. The van der Waals surface area contributed by atoms with E-state index in [1.165, 1.54) is 19.4 Å². The van der Waals surface area contributed by atoms with Crippen molar-refractivity contribution >= 4 is 17.5 Å². The molecule has 2 rings (SSSR count). The van der Waals surface area contributed by atoms with E-state index in [2.05, 4.69) is 9.68 Å². The normalized spacial score (nSPS) is 10.5. The van der Waals surface area contributed by atoms with Crippen LogP contribution in [0.25, 0.3) is 11.1 Å². The SMILES string of the molecule is COc1c(O)c(-c2cnoc2N)cc(Cl)c1F. The van der Waals surface area contributed by atoms with E-state index in [9.17, 15) is 9.50 Å². The van der Waals surface area contributed by atoms with Crippen molar-refractivity contribution in [2.45, 2.75) is 0 Å². The smallest absolute Gasteiger partial charge is 0.230 e. The first kappa shape index (κ1) is 11.5. The van der Waals surface area contributed by atoms with Crippen LogP contribution in [0.2, 0.25) is 5.02 Å². The number of nitrogens with two attached hydrogens (primary N) is 1.